The highest BCUT2D eigenvalue weighted by atomic mass is 35.5. The Balaban J connectivity index is 1.74. The number of fused-ring (bicyclic) bond motifs is 1. The van der Waals surface area contributed by atoms with Crippen LogP contribution in [0.1, 0.15) is 17.0 Å². The van der Waals surface area contributed by atoms with Crippen molar-refractivity contribution in [3.05, 3.63) is 58.6 Å². The Labute approximate surface area is 145 Å². The third-order valence-electron chi connectivity index (χ3n) is 4.13. The summed E-state index contributed by atoms with van der Waals surface area (Å²) in [7, 11) is 0. The zero-order valence-electron chi connectivity index (χ0n) is 13.3. The van der Waals surface area contributed by atoms with Crippen LogP contribution in [-0.4, -0.2) is 24.9 Å². The Bertz CT molecular complexity index is 807. The summed E-state index contributed by atoms with van der Waals surface area (Å²) >= 11 is 6.15. The van der Waals surface area contributed by atoms with Crippen molar-refractivity contribution in [3.63, 3.8) is 0 Å². The maximum Gasteiger partial charge on any atom is 0.243 e. The van der Waals surface area contributed by atoms with Crippen molar-refractivity contribution in [1.29, 1.82) is 0 Å². The number of primary amides is 1. The average molecular weight is 344 g/mol. The Morgan fingerprint density at radius 3 is 2.75 bits per heavy atom. The number of nitrogens with two attached hydrogens (primary N) is 1. The van der Waals surface area contributed by atoms with Crippen molar-refractivity contribution in [1.82, 2.24) is 0 Å². The molecule has 6 heteroatoms. The van der Waals surface area contributed by atoms with Gasteiger partial charge in [-0.05, 0) is 36.2 Å². The lowest BCUT2D eigenvalue weighted by Gasteiger charge is -2.19. The van der Waals surface area contributed by atoms with Gasteiger partial charge in [0.15, 0.2) is 0 Å². The van der Waals surface area contributed by atoms with Crippen molar-refractivity contribution in [2.75, 3.05) is 23.3 Å². The minimum Gasteiger partial charge on any atom is -0.369 e. The second kappa shape index (κ2) is 6.53. The molecule has 0 radical (unpaired) electrons. The first-order chi connectivity index (χ1) is 11.5. The highest BCUT2D eigenvalue weighted by Crippen LogP contribution is 2.35. The van der Waals surface area contributed by atoms with Gasteiger partial charge in [0.1, 0.15) is 0 Å². The molecule has 1 aliphatic heterocycles. The van der Waals surface area contributed by atoms with Gasteiger partial charge in [0, 0.05) is 12.2 Å². The van der Waals surface area contributed by atoms with E-state index in [1.54, 1.807) is 12.1 Å². The van der Waals surface area contributed by atoms with E-state index in [-0.39, 0.29) is 18.4 Å². The average Bonchev–Trinajstić information content (AvgIpc) is 2.89. The maximum atomic E-state index is 12.4. The van der Waals surface area contributed by atoms with E-state index in [0.717, 1.165) is 16.8 Å². The summed E-state index contributed by atoms with van der Waals surface area (Å²) in [4.78, 5) is 25.9. The molecule has 1 heterocycles. The van der Waals surface area contributed by atoms with Crippen LogP contribution in [-0.2, 0) is 9.59 Å². The normalized spacial score (nSPS) is 15.9. The van der Waals surface area contributed by atoms with E-state index in [2.05, 4.69) is 5.32 Å². The zero-order chi connectivity index (χ0) is 17.3. The van der Waals surface area contributed by atoms with Crippen molar-refractivity contribution in [2.45, 2.75) is 12.8 Å². The van der Waals surface area contributed by atoms with Gasteiger partial charge in [-0.3, -0.25) is 9.59 Å². The lowest BCUT2D eigenvalue weighted by molar-refractivity contribution is -0.119. The molecule has 2 aromatic rings. The number of carbonyl (C=O) groups excluding carboxylic acids is 2. The lowest BCUT2D eigenvalue weighted by Crippen LogP contribution is -2.34. The Morgan fingerprint density at radius 2 is 2.04 bits per heavy atom. The number of para-hydroxylation sites is 1. The molecule has 2 aromatic carbocycles. The molecule has 24 heavy (non-hydrogen) atoms. The molecular weight excluding hydrogens is 326 g/mol. The van der Waals surface area contributed by atoms with Crippen molar-refractivity contribution >= 4 is 34.8 Å². The lowest BCUT2D eigenvalue weighted by atomic mass is 10.0. The quantitative estimate of drug-likeness (QED) is 0.896. The summed E-state index contributed by atoms with van der Waals surface area (Å²) in [5, 5.41) is 3.31. The molecular formula is C18H18ClN3O2. The fourth-order valence-corrected chi connectivity index (χ4v) is 3.25. The van der Waals surface area contributed by atoms with Gasteiger partial charge in [0.25, 0.3) is 0 Å². The first-order valence-corrected chi connectivity index (χ1v) is 8.02. The molecule has 0 saturated heterocycles. The molecule has 1 aliphatic rings. The fraction of sp³-hybridized carbons (Fsp3) is 0.222. The van der Waals surface area contributed by atoms with E-state index in [1.807, 2.05) is 42.2 Å². The monoisotopic (exact) mass is 343 g/mol. The van der Waals surface area contributed by atoms with Crippen LogP contribution in [0, 0.1) is 6.92 Å². The van der Waals surface area contributed by atoms with Crippen LogP contribution in [0.3, 0.4) is 0 Å². The predicted octanol–water partition coefficient (Wildman–Crippen LogP) is 2.68. The third-order valence-corrected chi connectivity index (χ3v) is 4.45. The van der Waals surface area contributed by atoms with Gasteiger partial charge in [0.2, 0.25) is 11.8 Å². The van der Waals surface area contributed by atoms with Crippen LogP contribution >= 0.6 is 11.6 Å². The van der Waals surface area contributed by atoms with E-state index in [0.29, 0.717) is 17.3 Å². The molecule has 0 fully saturated rings. The molecule has 0 saturated carbocycles. The summed E-state index contributed by atoms with van der Waals surface area (Å²) in [5.74, 6) is -0.968. The van der Waals surface area contributed by atoms with E-state index < -0.39 is 5.92 Å². The van der Waals surface area contributed by atoms with Crippen molar-refractivity contribution < 1.29 is 9.59 Å². The number of halogens is 1. The smallest absolute Gasteiger partial charge is 0.243 e. The van der Waals surface area contributed by atoms with E-state index in [1.165, 1.54) is 0 Å². The SMILES string of the molecule is Cc1ccc(NC(=O)CN2CC(C(N)=O)c3ccccc32)c(Cl)c1. The number of rotatable bonds is 4. The molecule has 3 rings (SSSR count). The van der Waals surface area contributed by atoms with Crippen molar-refractivity contribution in [3.8, 4) is 0 Å². The number of hydrogen-bond donors (Lipinski definition) is 2. The molecule has 2 amide bonds. The second-order valence-electron chi connectivity index (χ2n) is 5.93. The number of hydrogen-bond acceptors (Lipinski definition) is 3. The van der Waals surface area contributed by atoms with Gasteiger partial charge in [-0.15, -0.1) is 0 Å². The zero-order valence-corrected chi connectivity index (χ0v) is 14.0. The first kappa shape index (κ1) is 16.3. The molecule has 0 bridgehead atoms. The first-order valence-electron chi connectivity index (χ1n) is 7.65. The largest absolute Gasteiger partial charge is 0.369 e. The van der Waals surface area contributed by atoms with E-state index in [4.69, 9.17) is 17.3 Å². The van der Waals surface area contributed by atoms with Crippen LogP contribution in [0.2, 0.25) is 5.02 Å². The van der Waals surface area contributed by atoms with Gasteiger partial charge in [-0.25, -0.2) is 0 Å². The molecule has 5 nitrogen and oxygen atoms in total. The summed E-state index contributed by atoms with van der Waals surface area (Å²) in [6.07, 6.45) is 0. The topological polar surface area (TPSA) is 75.4 Å². The number of amides is 2. The van der Waals surface area contributed by atoms with Crippen LogP contribution in [0.15, 0.2) is 42.5 Å². The van der Waals surface area contributed by atoms with Gasteiger partial charge in [-0.1, -0.05) is 35.9 Å². The predicted molar refractivity (Wildman–Crippen MR) is 95.4 cm³/mol. The molecule has 0 aliphatic carbocycles. The molecule has 0 spiro atoms. The van der Waals surface area contributed by atoms with E-state index in [9.17, 15) is 9.59 Å². The molecule has 1 unspecified atom stereocenters. The second-order valence-corrected chi connectivity index (χ2v) is 6.33. The van der Waals surface area contributed by atoms with Crippen LogP contribution in [0.25, 0.3) is 0 Å². The Kier molecular flexibility index (Phi) is 4.44. The summed E-state index contributed by atoms with van der Waals surface area (Å²) in [6, 6.07) is 13.0. The molecule has 3 N–H and O–H groups in total. The highest BCUT2D eigenvalue weighted by Gasteiger charge is 2.32. The molecule has 1 atom stereocenters. The fourth-order valence-electron chi connectivity index (χ4n) is 2.96. The van der Waals surface area contributed by atoms with Gasteiger partial charge in [0.05, 0.1) is 23.2 Å². The maximum absolute atomic E-state index is 12.4. The van der Waals surface area contributed by atoms with Crippen LogP contribution < -0.4 is 16.0 Å². The third kappa shape index (κ3) is 3.21. The number of nitrogens with zero attached hydrogens (tertiary/aromatic N) is 1. The number of anilines is 2. The van der Waals surface area contributed by atoms with Gasteiger partial charge < -0.3 is 16.0 Å². The number of benzene rings is 2. The van der Waals surface area contributed by atoms with Gasteiger partial charge >= 0.3 is 0 Å². The minimum absolute atomic E-state index is 0.130. The van der Waals surface area contributed by atoms with Crippen LogP contribution in [0.5, 0.6) is 0 Å². The molecule has 0 aromatic heterocycles. The number of aryl methyl sites for hydroxylation is 1. The van der Waals surface area contributed by atoms with Gasteiger partial charge in [-0.2, -0.15) is 0 Å². The van der Waals surface area contributed by atoms with E-state index >= 15 is 0 Å². The van der Waals surface area contributed by atoms with Crippen LogP contribution in [0.4, 0.5) is 11.4 Å². The minimum atomic E-state index is -0.392. The molecule has 124 valence electrons. The number of carbonyl (C=O) groups is 2. The number of nitrogens with one attached hydrogen (secondary N) is 1. The summed E-state index contributed by atoms with van der Waals surface area (Å²) in [6.45, 7) is 2.47. The van der Waals surface area contributed by atoms with Crippen molar-refractivity contribution in [2.24, 2.45) is 5.73 Å². The summed E-state index contributed by atoms with van der Waals surface area (Å²) < 4.78 is 0. The Hall–Kier alpha value is -2.53. The summed E-state index contributed by atoms with van der Waals surface area (Å²) in [5.41, 5.74) is 8.81. The standard InChI is InChI=1S/C18H18ClN3O2/c1-11-6-7-15(14(19)8-11)21-17(23)10-22-9-13(18(20)24)12-4-2-3-5-16(12)22/h2-8,13H,9-10H2,1H3,(H2,20,24)(H,21,23). The highest BCUT2D eigenvalue weighted by molar-refractivity contribution is 6.33. The Morgan fingerprint density at radius 1 is 1.29 bits per heavy atom.